The molecule has 2 saturated heterocycles. The summed E-state index contributed by atoms with van der Waals surface area (Å²) in [6, 6.07) is 4.17. The number of nitro groups is 1. The number of rotatable bonds is 7. The molecule has 2 aliphatic rings. The first-order valence-electron chi connectivity index (χ1n) is 10.1. The number of sulfonamides is 1. The van der Waals surface area contributed by atoms with Crippen LogP contribution in [0.25, 0.3) is 0 Å². The number of benzene rings is 1. The Morgan fingerprint density at radius 2 is 1.76 bits per heavy atom. The number of non-ortho nitro benzene ring substituents is 1. The summed E-state index contributed by atoms with van der Waals surface area (Å²) in [5, 5.41) is 11.3. The van der Waals surface area contributed by atoms with Gasteiger partial charge in [-0.1, -0.05) is 13.8 Å². The highest BCUT2D eigenvalue weighted by Crippen LogP contribution is 2.32. The zero-order valence-electron chi connectivity index (χ0n) is 17.1. The van der Waals surface area contributed by atoms with Gasteiger partial charge >= 0.3 is 0 Å². The number of morpholine rings is 1. The highest BCUT2D eigenvalue weighted by molar-refractivity contribution is 7.89. The van der Waals surface area contributed by atoms with E-state index in [1.165, 1.54) is 16.4 Å². The summed E-state index contributed by atoms with van der Waals surface area (Å²) < 4.78 is 33.2. The van der Waals surface area contributed by atoms with Crippen LogP contribution in [0.5, 0.6) is 0 Å². The van der Waals surface area contributed by atoms with Gasteiger partial charge in [-0.15, -0.1) is 0 Å². The van der Waals surface area contributed by atoms with Gasteiger partial charge in [-0.3, -0.25) is 15.0 Å². The molecule has 1 aromatic rings. The topological polar surface area (TPSA) is 96.2 Å². The highest BCUT2D eigenvalue weighted by atomic mass is 32.2. The van der Waals surface area contributed by atoms with Crippen molar-refractivity contribution in [2.24, 2.45) is 5.92 Å². The summed E-state index contributed by atoms with van der Waals surface area (Å²) in [5.74, 6) is 0.646. The van der Waals surface area contributed by atoms with Crippen molar-refractivity contribution in [2.75, 3.05) is 63.9 Å². The van der Waals surface area contributed by atoms with Gasteiger partial charge in [0.1, 0.15) is 4.90 Å². The molecule has 0 aromatic heterocycles. The first-order chi connectivity index (χ1) is 13.8. The Hall–Kier alpha value is -1.75. The normalized spacial score (nSPS) is 19.6. The van der Waals surface area contributed by atoms with Gasteiger partial charge < -0.3 is 9.64 Å². The van der Waals surface area contributed by atoms with E-state index >= 15 is 0 Å². The van der Waals surface area contributed by atoms with E-state index in [0.29, 0.717) is 37.9 Å². The molecule has 2 aliphatic heterocycles. The van der Waals surface area contributed by atoms with Crippen molar-refractivity contribution in [3.05, 3.63) is 28.3 Å². The number of ether oxygens (including phenoxy) is 1. The van der Waals surface area contributed by atoms with Crippen molar-refractivity contribution in [1.29, 1.82) is 0 Å². The van der Waals surface area contributed by atoms with Gasteiger partial charge in [-0.05, 0) is 24.9 Å². The molecule has 0 N–H and O–H groups in total. The lowest BCUT2D eigenvalue weighted by atomic mass is 10.1. The van der Waals surface area contributed by atoms with E-state index in [4.69, 9.17) is 4.74 Å². The molecule has 1 aromatic carbocycles. The summed E-state index contributed by atoms with van der Waals surface area (Å²) in [6.45, 7) is 9.71. The lowest BCUT2D eigenvalue weighted by Gasteiger charge is -2.37. The van der Waals surface area contributed by atoms with Crippen LogP contribution in [-0.4, -0.2) is 81.6 Å². The van der Waals surface area contributed by atoms with E-state index in [1.807, 2.05) is 4.90 Å². The lowest BCUT2D eigenvalue weighted by Crippen LogP contribution is -2.47. The molecule has 0 radical (unpaired) electrons. The Kier molecular flexibility index (Phi) is 7.10. The third kappa shape index (κ3) is 5.25. The number of hydrogen-bond acceptors (Lipinski definition) is 7. The number of anilines is 1. The molecule has 2 heterocycles. The van der Waals surface area contributed by atoms with Crippen LogP contribution in [0.15, 0.2) is 23.1 Å². The molecule has 0 unspecified atom stereocenters. The van der Waals surface area contributed by atoms with Crippen LogP contribution in [0.4, 0.5) is 11.4 Å². The van der Waals surface area contributed by atoms with Gasteiger partial charge in [0.2, 0.25) is 10.0 Å². The van der Waals surface area contributed by atoms with E-state index < -0.39 is 14.9 Å². The largest absolute Gasteiger partial charge is 0.379 e. The number of nitrogens with zero attached hydrogens (tertiary/aromatic N) is 4. The van der Waals surface area contributed by atoms with Gasteiger partial charge in [0.25, 0.3) is 5.69 Å². The number of piperazine rings is 1. The summed E-state index contributed by atoms with van der Waals surface area (Å²) in [4.78, 5) is 15.2. The molecule has 0 bridgehead atoms. The SMILES string of the molecule is CC(C)CCN1CCN(c2ccc([N+](=O)[O-])cc2S(=O)(=O)N2CCOCC2)CC1. The van der Waals surface area contributed by atoms with Crippen molar-refractivity contribution in [3.8, 4) is 0 Å². The van der Waals surface area contributed by atoms with Crippen LogP contribution >= 0.6 is 0 Å². The van der Waals surface area contributed by atoms with E-state index in [1.54, 1.807) is 6.07 Å². The summed E-state index contributed by atoms with van der Waals surface area (Å²) in [5.41, 5.74) is 0.335. The van der Waals surface area contributed by atoms with Crippen molar-refractivity contribution in [1.82, 2.24) is 9.21 Å². The summed E-state index contributed by atoms with van der Waals surface area (Å²) in [6.07, 6.45) is 1.13. The zero-order valence-corrected chi connectivity index (χ0v) is 17.9. The average molecular weight is 427 g/mol. The van der Waals surface area contributed by atoms with Crippen LogP contribution in [0.2, 0.25) is 0 Å². The van der Waals surface area contributed by atoms with Crippen LogP contribution in [-0.2, 0) is 14.8 Å². The fourth-order valence-corrected chi connectivity index (χ4v) is 5.30. The third-order valence-corrected chi connectivity index (χ3v) is 7.41. The molecule has 0 saturated carbocycles. The molecule has 0 atom stereocenters. The summed E-state index contributed by atoms with van der Waals surface area (Å²) >= 11 is 0. The quantitative estimate of drug-likeness (QED) is 0.484. The molecule has 29 heavy (non-hydrogen) atoms. The second-order valence-electron chi connectivity index (χ2n) is 7.94. The van der Waals surface area contributed by atoms with E-state index in [9.17, 15) is 18.5 Å². The Morgan fingerprint density at radius 3 is 2.34 bits per heavy atom. The first kappa shape index (κ1) is 21.9. The predicted octanol–water partition coefficient (Wildman–Crippen LogP) is 1.78. The molecular formula is C19H30N4O5S. The molecule has 0 spiro atoms. The zero-order chi connectivity index (χ0) is 21.0. The third-order valence-electron chi connectivity index (χ3n) is 5.48. The number of nitro benzene ring substituents is 1. The van der Waals surface area contributed by atoms with Crippen LogP contribution in [0.1, 0.15) is 20.3 Å². The first-order valence-corrected chi connectivity index (χ1v) is 11.6. The molecule has 2 fully saturated rings. The van der Waals surface area contributed by atoms with E-state index in [2.05, 4.69) is 18.7 Å². The minimum Gasteiger partial charge on any atom is -0.379 e. The second kappa shape index (κ2) is 9.38. The molecule has 162 valence electrons. The fraction of sp³-hybridized carbons (Fsp3) is 0.684. The Balaban J connectivity index is 1.84. The standard InChI is InChI=1S/C19H30N4O5S/c1-16(2)5-6-20-7-9-21(10-8-20)18-4-3-17(23(24)25)15-19(18)29(26,27)22-11-13-28-14-12-22/h3-4,15-16H,5-14H2,1-2H3. The highest BCUT2D eigenvalue weighted by Gasteiger charge is 2.32. The maximum absolute atomic E-state index is 13.3. The van der Waals surface area contributed by atoms with Crippen molar-refractivity contribution in [2.45, 2.75) is 25.2 Å². The molecular weight excluding hydrogens is 396 g/mol. The van der Waals surface area contributed by atoms with Crippen LogP contribution in [0, 0.1) is 16.0 Å². The van der Waals surface area contributed by atoms with E-state index in [-0.39, 0.29) is 23.7 Å². The average Bonchev–Trinajstić information content (AvgIpc) is 2.72. The molecule has 0 amide bonds. The van der Waals surface area contributed by atoms with Crippen molar-refractivity contribution < 1.29 is 18.1 Å². The van der Waals surface area contributed by atoms with Crippen molar-refractivity contribution in [3.63, 3.8) is 0 Å². The van der Waals surface area contributed by atoms with Crippen molar-refractivity contribution >= 4 is 21.4 Å². The Bertz CT molecular complexity index is 816. The second-order valence-corrected chi connectivity index (χ2v) is 9.84. The van der Waals surface area contributed by atoms with Gasteiger partial charge in [-0.2, -0.15) is 4.31 Å². The maximum Gasteiger partial charge on any atom is 0.270 e. The summed E-state index contributed by atoms with van der Waals surface area (Å²) in [7, 11) is -3.84. The molecule has 10 heteroatoms. The van der Waals surface area contributed by atoms with Gasteiger partial charge in [-0.25, -0.2) is 8.42 Å². The smallest absolute Gasteiger partial charge is 0.270 e. The number of hydrogen-bond donors (Lipinski definition) is 0. The Morgan fingerprint density at radius 1 is 1.10 bits per heavy atom. The fourth-order valence-electron chi connectivity index (χ4n) is 3.66. The minimum atomic E-state index is -3.84. The van der Waals surface area contributed by atoms with Gasteiger partial charge in [0.15, 0.2) is 0 Å². The van der Waals surface area contributed by atoms with Gasteiger partial charge in [0.05, 0.1) is 23.8 Å². The minimum absolute atomic E-state index is 0.0178. The van der Waals surface area contributed by atoms with Crippen LogP contribution in [0.3, 0.4) is 0 Å². The lowest BCUT2D eigenvalue weighted by molar-refractivity contribution is -0.385. The van der Waals surface area contributed by atoms with Crippen LogP contribution < -0.4 is 4.90 Å². The van der Waals surface area contributed by atoms with E-state index in [0.717, 1.165) is 26.1 Å². The van der Waals surface area contributed by atoms with Gasteiger partial charge in [0, 0.05) is 51.4 Å². The molecule has 0 aliphatic carbocycles. The molecule has 3 rings (SSSR count). The predicted molar refractivity (Wildman–Crippen MR) is 111 cm³/mol. The maximum atomic E-state index is 13.3. The Labute approximate surface area is 172 Å². The molecule has 9 nitrogen and oxygen atoms in total. The monoisotopic (exact) mass is 426 g/mol.